The van der Waals surface area contributed by atoms with Gasteiger partial charge in [0.15, 0.2) is 17.6 Å². The van der Waals surface area contributed by atoms with Crippen LogP contribution in [-0.4, -0.2) is 84.6 Å². The number of likely N-dealkylation sites (tertiary alicyclic amines) is 1. The zero-order chi connectivity index (χ0) is 29.6. The van der Waals surface area contributed by atoms with Crippen LogP contribution in [0, 0.1) is 17.8 Å². The van der Waals surface area contributed by atoms with Crippen molar-refractivity contribution in [2.45, 2.75) is 57.1 Å². The monoisotopic (exact) mass is 597 g/mol. The number of nitrogen functional groups attached to an aromatic ring is 1. The smallest absolute Gasteiger partial charge is 0.410 e. The van der Waals surface area contributed by atoms with Gasteiger partial charge in [-0.15, -0.1) is 0 Å². The van der Waals surface area contributed by atoms with Gasteiger partial charge in [-0.3, -0.25) is 9.36 Å². The lowest BCUT2D eigenvalue weighted by Gasteiger charge is -2.30. The number of imidazole rings is 1. The number of hydrogen-bond donors (Lipinski definition) is 4. The van der Waals surface area contributed by atoms with Crippen molar-refractivity contribution in [1.82, 2.24) is 29.7 Å². The standard InChI is InChI=1S/C28H32ClN7O6/c29-18-4-8-20(9-5-18)42-28(40)35-12-10-17(11-13-35)2-1-3-22-33-25(30)23-26(34-22)36(15-31-23)16-41-24(21(38)14-37)27(39)32-19-6-7-19/h4-5,8-9,15,17,19,21,24,37-38H,2,6-7,10-14,16H2,(H,32,39)(H2,30,33,34)/t21-,24+/m1/s1. The molecule has 1 aliphatic heterocycles. The lowest BCUT2D eigenvalue weighted by Crippen LogP contribution is -2.46. The van der Waals surface area contributed by atoms with Gasteiger partial charge in [-0.2, -0.15) is 0 Å². The largest absolute Gasteiger partial charge is 0.415 e. The molecule has 2 amide bonds. The van der Waals surface area contributed by atoms with Crippen molar-refractivity contribution in [3.8, 4) is 17.6 Å². The Morgan fingerprint density at radius 3 is 2.60 bits per heavy atom. The number of benzene rings is 1. The minimum atomic E-state index is -1.39. The van der Waals surface area contributed by atoms with E-state index in [4.69, 9.17) is 26.8 Å². The Morgan fingerprint density at radius 2 is 1.90 bits per heavy atom. The second-order valence-electron chi connectivity index (χ2n) is 10.3. The van der Waals surface area contributed by atoms with E-state index in [1.54, 1.807) is 29.2 Å². The molecule has 0 spiro atoms. The average Bonchev–Trinajstić information content (AvgIpc) is 3.71. The maximum absolute atomic E-state index is 12.5. The molecule has 1 aromatic carbocycles. The lowest BCUT2D eigenvalue weighted by molar-refractivity contribution is -0.147. The van der Waals surface area contributed by atoms with E-state index in [1.807, 2.05) is 0 Å². The zero-order valence-corrected chi connectivity index (χ0v) is 23.5. The Hall–Kier alpha value is -3.96. The molecule has 3 heterocycles. The maximum atomic E-state index is 12.5. The number of aromatic nitrogens is 4. The molecule has 222 valence electrons. The molecule has 0 bridgehead atoms. The highest BCUT2D eigenvalue weighted by molar-refractivity contribution is 6.30. The Bertz CT molecular complexity index is 1480. The summed E-state index contributed by atoms with van der Waals surface area (Å²) in [5.41, 5.74) is 6.81. The molecule has 14 heteroatoms. The third-order valence-corrected chi connectivity index (χ3v) is 7.34. The van der Waals surface area contributed by atoms with Gasteiger partial charge in [-0.05, 0) is 61.8 Å². The third kappa shape index (κ3) is 7.46. The average molecular weight is 598 g/mol. The number of aliphatic hydroxyl groups is 2. The molecule has 2 aromatic heterocycles. The topological polar surface area (TPSA) is 178 Å². The summed E-state index contributed by atoms with van der Waals surface area (Å²) in [4.78, 5) is 39.6. The van der Waals surface area contributed by atoms with Crippen molar-refractivity contribution in [2.24, 2.45) is 5.92 Å². The highest BCUT2D eigenvalue weighted by atomic mass is 35.5. The maximum Gasteiger partial charge on any atom is 0.415 e. The van der Waals surface area contributed by atoms with Crippen LogP contribution in [0.3, 0.4) is 0 Å². The van der Waals surface area contributed by atoms with Crippen LogP contribution in [0.1, 0.15) is 37.9 Å². The van der Waals surface area contributed by atoms with Gasteiger partial charge in [-0.25, -0.2) is 19.7 Å². The fraction of sp³-hybridized carbons (Fsp3) is 0.464. The Morgan fingerprint density at radius 1 is 1.17 bits per heavy atom. The Balaban J connectivity index is 1.16. The van der Waals surface area contributed by atoms with Crippen molar-refractivity contribution in [3.63, 3.8) is 0 Å². The molecule has 0 radical (unpaired) electrons. The molecule has 13 nitrogen and oxygen atoms in total. The fourth-order valence-electron chi connectivity index (χ4n) is 4.51. The summed E-state index contributed by atoms with van der Waals surface area (Å²) in [7, 11) is 0. The summed E-state index contributed by atoms with van der Waals surface area (Å²) >= 11 is 5.88. The van der Waals surface area contributed by atoms with Crippen LogP contribution in [0.5, 0.6) is 5.75 Å². The van der Waals surface area contributed by atoms with Crippen LogP contribution in [0.25, 0.3) is 11.2 Å². The minimum Gasteiger partial charge on any atom is -0.410 e. The number of nitrogens with two attached hydrogens (primary N) is 1. The number of carbonyl (C=O) groups excluding carboxylic acids is 2. The number of ether oxygens (including phenoxy) is 2. The molecule has 5 rings (SSSR count). The summed E-state index contributed by atoms with van der Waals surface area (Å²) in [6.07, 6.45) is 2.31. The van der Waals surface area contributed by atoms with Crippen LogP contribution < -0.4 is 15.8 Å². The highest BCUT2D eigenvalue weighted by Crippen LogP contribution is 2.23. The third-order valence-electron chi connectivity index (χ3n) is 7.09. The van der Waals surface area contributed by atoms with Crippen LogP contribution in [-0.2, 0) is 16.3 Å². The van der Waals surface area contributed by atoms with E-state index in [-0.39, 0.29) is 30.5 Å². The normalized spacial score (nSPS) is 16.9. The number of nitrogens with one attached hydrogen (secondary N) is 1. The van der Waals surface area contributed by atoms with E-state index >= 15 is 0 Å². The molecular weight excluding hydrogens is 566 g/mol. The molecule has 2 fully saturated rings. The van der Waals surface area contributed by atoms with Gasteiger partial charge in [0.05, 0.1) is 12.9 Å². The van der Waals surface area contributed by atoms with Crippen molar-refractivity contribution >= 4 is 40.6 Å². The van der Waals surface area contributed by atoms with Gasteiger partial charge in [-0.1, -0.05) is 17.5 Å². The minimum absolute atomic E-state index is 0.0707. The number of piperidine rings is 1. The first kappa shape index (κ1) is 29.5. The molecule has 1 saturated carbocycles. The quantitative estimate of drug-likeness (QED) is 0.265. The summed E-state index contributed by atoms with van der Waals surface area (Å²) < 4.78 is 12.6. The van der Waals surface area contributed by atoms with Gasteiger partial charge >= 0.3 is 6.09 Å². The molecule has 3 aromatic rings. The fourth-order valence-corrected chi connectivity index (χ4v) is 4.63. The molecular formula is C28H32ClN7O6. The highest BCUT2D eigenvalue weighted by Gasteiger charge is 2.32. The van der Waals surface area contributed by atoms with E-state index in [1.165, 1.54) is 10.9 Å². The molecule has 42 heavy (non-hydrogen) atoms. The first-order chi connectivity index (χ1) is 20.3. The summed E-state index contributed by atoms with van der Waals surface area (Å²) in [6.45, 7) is 0.337. The number of fused-ring (bicyclic) bond motifs is 1. The SMILES string of the molecule is Nc1nc(C#CCC2CCN(C(=O)Oc3ccc(Cl)cc3)CC2)nc2c1ncn2CO[C@H](C(=O)NC1CC1)[C@H](O)CO. The molecule has 5 N–H and O–H groups in total. The Kier molecular flexibility index (Phi) is 9.38. The zero-order valence-electron chi connectivity index (χ0n) is 22.8. The van der Waals surface area contributed by atoms with Crippen LogP contribution >= 0.6 is 11.6 Å². The lowest BCUT2D eigenvalue weighted by atomic mass is 9.94. The predicted molar refractivity (Wildman–Crippen MR) is 152 cm³/mol. The summed E-state index contributed by atoms with van der Waals surface area (Å²) in [5, 5.41) is 22.8. The van der Waals surface area contributed by atoms with Crippen molar-refractivity contribution in [1.29, 1.82) is 0 Å². The number of halogens is 1. The van der Waals surface area contributed by atoms with E-state index in [0.717, 1.165) is 25.7 Å². The van der Waals surface area contributed by atoms with Crippen LogP contribution in [0.2, 0.25) is 5.02 Å². The number of carbonyl (C=O) groups is 2. The number of hydrogen-bond acceptors (Lipinski definition) is 10. The first-order valence-electron chi connectivity index (χ1n) is 13.7. The van der Waals surface area contributed by atoms with Crippen LogP contribution in [0.15, 0.2) is 30.6 Å². The first-order valence-corrected chi connectivity index (χ1v) is 14.1. The number of nitrogens with zero attached hydrogens (tertiary/aromatic N) is 5. The molecule has 2 atom stereocenters. The second kappa shape index (κ2) is 13.3. The molecule has 1 saturated heterocycles. The number of anilines is 1. The summed E-state index contributed by atoms with van der Waals surface area (Å²) in [6, 6.07) is 6.72. The van der Waals surface area contributed by atoms with Gasteiger partial charge in [0.25, 0.3) is 5.91 Å². The van der Waals surface area contributed by atoms with Crippen molar-refractivity contribution < 1.29 is 29.3 Å². The van der Waals surface area contributed by atoms with Crippen LogP contribution in [0.4, 0.5) is 10.6 Å². The molecule has 2 aliphatic rings. The van der Waals surface area contributed by atoms with E-state index in [9.17, 15) is 19.8 Å². The molecule has 0 unspecified atom stereocenters. The predicted octanol–water partition coefficient (Wildman–Crippen LogP) is 1.69. The number of aliphatic hydroxyl groups excluding tert-OH is 2. The van der Waals surface area contributed by atoms with E-state index in [0.29, 0.717) is 47.4 Å². The van der Waals surface area contributed by atoms with E-state index in [2.05, 4.69) is 32.1 Å². The molecule has 1 aliphatic carbocycles. The van der Waals surface area contributed by atoms with Gasteiger partial charge in [0.1, 0.15) is 24.1 Å². The van der Waals surface area contributed by atoms with E-state index < -0.39 is 24.7 Å². The summed E-state index contributed by atoms with van der Waals surface area (Å²) in [5.74, 6) is 6.70. The van der Waals surface area contributed by atoms with Gasteiger partial charge in [0, 0.05) is 30.6 Å². The van der Waals surface area contributed by atoms with Crippen molar-refractivity contribution in [2.75, 3.05) is 25.4 Å². The van der Waals surface area contributed by atoms with Gasteiger partial charge in [0.2, 0.25) is 5.82 Å². The number of rotatable bonds is 9. The van der Waals surface area contributed by atoms with Crippen molar-refractivity contribution in [3.05, 3.63) is 41.4 Å². The Labute approximate surface area is 247 Å². The number of amides is 2. The second-order valence-corrected chi connectivity index (χ2v) is 10.8. The van der Waals surface area contributed by atoms with Gasteiger partial charge < -0.3 is 35.6 Å².